The average molecular weight is 179 g/mol. The second-order valence-corrected chi connectivity index (χ2v) is 2.07. The van der Waals surface area contributed by atoms with Gasteiger partial charge in [-0.3, -0.25) is 15.6 Å². The number of aromatic nitrogens is 1. The molecule has 1 amide bonds. The number of hydrogen-bond acceptors (Lipinski definition) is 3. The third-order valence-corrected chi connectivity index (χ3v) is 1.15. The standard InChI is InChI=1S/C8H6FN3O/c1-2-8(13)12-11-7-5-3-4-6(9)10-7/h1,3-5H,(H,10,11)(H,12,13). The molecule has 0 aliphatic carbocycles. The number of pyridine rings is 1. The molecule has 4 nitrogen and oxygen atoms in total. The van der Waals surface area contributed by atoms with Gasteiger partial charge in [-0.15, -0.1) is 6.42 Å². The minimum absolute atomic E-state index is 0.184. The van der Waals surface area contributed by atoms with Crippen molar-refractivity contribution < 1.29 is 9.18 Å². The molecule has 0 aliphatic heterocycles. The monoisotopic (exact) mass is 179 g/mol. The lowest BCUT2D eigenvalue weighted by Gasteiger charge is -2.03. The van der Waals surface area contributed by atoms with Gasteiger partial charge in [0.25, 0.3) is 0 Å². The van der Waals surface area contributed by atoms with E-state index in [4.69, 9.17) is 6.42 Å². The molecule has 1 rings (SSSR count). The van der Waals surface area contributed by atoms with Gasteiger partial charge in [-0.25, -0.2) is 4.98 Å². The number of rotatable bonds is 2. The van der Waals surface area contributed by atoms with E-state index in [1.165, 1.54) is 18.2 Å². The molecule has 0 aliphatic rings. The molecule has 0 atom stereocenters. The van der Waals surface area contributed by atoms with Crippen LogP contribution in [0.15, 0.2) is 18.2 Å². The van der Waals surface area contributed by atoms with Crippen LogP contribution in [0.4, 0.5) is 10.2 Å². The molecular weight excluding hydrogens is 173 g/mol. The number of terminal acetylenes is 1. The summed E-state index contributed by atoms with van der Waals surface area (Å²) in [4.78, 5) is 14.0. The summed E-state index contributed by atoms with van der Waals surface area (Å²) in [5.41, 5.74) is 4.46. The molecule has 66 valence electrons. The molecule has 0 fully saturated rings. The number of hydrazine groups is 1. The van der Waals surface area contributed by atoms with Gasteiger partial charge < -0.3 is 0 Å². The fourth-order valence-electron chi connectivity index (χ4n) is 0.635. The van der Waals surface area contributed by atoms with Crippen LogP contribution < -0.4 is 10.9 Å². The maximum atomic E-state index is 12.5. The van der Waals surface area contributed by atoms with Crippen molar-refractivity contribution in [1.82, 2.24) is 10.4 Å². The van der Waals surface area contributed by atoms with E-state index in [1.807, 2.05) is 5.92 Å². The summed E-state index contributed by atoms with van der Waals surface area (Å²) < 4.78 is 12.5. The number of nitrogens with one attached hydrogen (secondary N) is 2. The van der Waals surface area contributed by atoms with E-state index in [1.54, 1.807) is 0 Å². The predicted molar refractivity (Wildman–Crippen MR) is 44.8 cm³/mol. The smallest absolute Gasteiger partial charge is 0.281 e. The average Bonchev–Trinajstić information content (AvgIpc) is 2.14. The van der Waals surface area contributed by atoms with Gasteiger partial charge in [0.1, 0.15) is 5.82 Å². The summed E-state index contributed by atoms with van der Waals surface area (Å²) in [6.07, 6.45) is 4.77. The van der Waals surface area contributed by atoms with Gasteiger partial charge in [0.15, 0.2) is 0 Å². The lowest BCUT2D eigenvalue weighted by molar-refractivity contribution is -0.115. The Morgan fingerprint density at radius 1 is 1.62 bits per heavy atom. The summed E-state index contributed by atoms with van der Waals surface area (Å²) in [7, 11) is 0. The van der Waals surface area contributed by atoms with Crippen LogP contribution in [0.25, 0.3) is 0 Å². The Bertz CT molecular complexity index is 359. The fraction of sp³-hybridized carbons (Fsp3) is 0. The first-order valence-electron chi connectivity index (χ1n) is 3.37. The van der Waals surface area contributed by atoms with E-state index in [0.29, 0.717) is 0 Å². The van der Waals surface area contributed by atoms with E-state index in [-0.39, 0.29) is 5.82 Å². The van der Waals surface area contributed by atoms with Crippen molar-refractivity contribution in [3.63, 3.8) is 0 Å². The van der Waals surface area contributed by atoms with Gasteiger partial charge in [0, 0.05) is 0 Å². The normalized spacial score (nSPS) is 8.62. The SMILES string of the molecule is C#CC(=O)NNc1cccc(F)n1. The highest BCUT2D eigenvalue weighted by Gasteiger charge is 1.96. The first-order chi connectivity index (χ1) is 6.22. The molecule has 1 aromatic heterocycles. The highest BCUT2D eigenvalue weighted by molar-refractivity contribution is 5.93. The van der Waals surface area contributed by atoms with Crippen LogP contribution >= 0.6 is 0 Å². The minimum Gasteiger partial charge on any atom is -0.281 e. The maximum Gasteiger partial charge on any atom is 0.314 e. The molecule has 0 radical (unpaired) electrons. The first-order valence-corrected chi connectivity index (χ1v) is 3.37. The second kappa shape index (κ2) is 4.07. The molecule has 5 heteroatoms. The molecule has 2 N–H and O–H groups in total. The van der Waals surface area contributed by atoms with Crippen LogP contribution in [0.5, 0.6) is 0 Å². The van der Waals surface area contributed by atoms with Crippen LogP contribution in [0.3, 0.4) is 0 Å². The Hall–Kier alpha value is -2.09. The van der Waals surface area contributed by atoms with Crippen molar-refractivity contribution >= 4 is 11.7 Å². The zero-order valence-electron chi connectivity index (χ0n) is 6.54. The number of anilines is 1. The summed E-state index contributed by atoms with van der Waals surface area (Å²) in [6.45, 7) is 0. The molecule has 0 aromatic carbocycles. The predicted octanol–water partition coefficient (Wildman–Crippen LogP) is 0.297. The van der Waals surface area contributed by atoms with Crippen LogP contribution in [-0.4, -0.2) is 10.9 Å². The van der Waals surface area contributed by atoms with Crippen LogP contribution in [0, 0.1) is 18.3 Å². The van der Waals surface area contributed by atoms with E-state index in [0.717, 1.165) is 0 Å². The highest BCUT2D eigenvalue weighted by Crippen LogP contribution is 2.00. The Labute approximate surface area is 74.1 Å². The fourth-order valence-corrected chi connectivity index (χ4v) is 0.635. The Balaban J connectivity index is 2.56. The zero-order valence-corrected chi connectivity index (χ0v) is 6.54. The van der Waals surface area contributed by atoms with Gasteiger partial charge in [0.05, 0.1) is 0 Å². The van der Waals surface area contributed by atoms with Crippen LogP contribution in [0.1, 0.15) is 0 Å². The molecule has 0 bridgehead atoms. The van der Waals surface area contributed by atoms with Gasteiger partial charge >= 0.3 is 5.91 Å². The molecule has 0 saturated heterocycles. The van der Waals surface area contributed by atoms with E-state index < -0.39 is 11.9 Å². The van der Waals surface area contributed by atoms with Crippen molar-refractivity contribution in [2.24, 2.45) is 0 Å². The quantitative estimate of drug-likeness (QED) is 0.390. The second-order valence-electron chi connectivity index (χ2n) is 2.07. The Morgan fingerprint density at radius 3 is 3.00 bits per heavy atom. The van der Waals surface area contributed by atoms with Crippen molar-refractivity contribution in [3.05, 3.63) is 24.1 Å². The molecular formula is C8H6FN3O. The number of amides is 1. The number of carbonyl (C=O) groups excluding carboxylic acids is 1. The molecule has 1 heterocycles. The third-order valence-electron chi connectivity index (χ3n) is 1.15. The van der Waals surface area contributed by atoms with Crippen molar-refractivity contribution in [2.45, 2.75) is 0 Å². The van der Waals surface area contributed by atoms with Crippen molar-refractivity contribution in [2.75, 3.05) is 5.43 Å². The largest absolute Gasteiger partial charge is 0.314 e. The first kappa shape index (κ1) is 9.00. The number of halogens is 1. The van der Waals surface area contributed by atoms with E-state index in [9.17, 15) is 9.18 Å². The maximum absolute atomic E-state index is 12.5. The number of nitrogens with zero attached hydrogens (tertiary/aromatic N) is 1. The van der Waals surface area contributed by atoms with E-state index >= 15 is 0 Å². The lowest BCUT2D eigenvalue weighted by Crippen LogP contribution is -2.28. The Morgan fingerprint density at radius 2 is 2.38 bits per heavy atom. The minimum atomic E-state index is -0.647. The third kappa shape index (κ3) is 2.79. The van der Waals surface area contributed by atoms with Crippen molar-refractivity contribution in [3.8, 4) is 12.3 Å². The molecule has 13 heavy (non-hydrogen) atoms. The van der Waals surface area contributed by atoms with Gasteiger partial charge in [0.2, 0.25) is 5.95 Å². The van der Waals surface area contributed by atoms with Crippen LogP contribution in [0.2, 0.25) is 0 Å². The summed E-state index contributed by atoms with van der Waals surface area (Å²) >= 11 is 0. The number of carbonyl (C=O) groups is 1. The molecule has 1 aromatic rings. The lowest BCUT2D eigenvalue weighted by atomic mass is 10.5. The summed E-state index contributed by atoms with van der Waals surface area (Å²) in [5.74, 6) is 0.714. The zero-order chi connectivity index (χ0) is 9.68. The van der Waals surface area contributed by atoms with Gasteiger partial charge in [-0.05, 0) is 18.1 Å². The summed E-state index contributed by atoms with van der Waals surface area (Å²) in [6, 6.07) is 4.13. The van der Waals surface area contributed by atoms with Crippen LogP contribution in [-0.2, 0) is 4.79 Å². The summed E-state index contributed by atoms with van der Waals surface area (Å²) in [5, 5.41) is 0. The van der Waals surface area contributed by atoms with Gasteiger partial charge in [-0.1, -0.05) is 6.07 Å². The Kier molecular flexibility index (Phi) is 2.82. The highest BCUT2D eigenvalue weighted by atomic mass is 19.1. The number of hydrogen-bond donors (Lipinski definition) is 2. The van der Waals surface area contributed by atoms with E-state index in [2.05, 4.69) is 15.8 Å². The van der Waals surface area contributed by atoms with Crippen molar-refractivity contribution in [1.29, 1.82) is 0 Å². The molecule has 0 unspecified atom stereocenters. The van der Waals surface area contributed by atoms with Gasteiger partial charge in [-0.2, -0.15) is 4.39 Å². The molecule has 0 saturated carbocycles. The topological polar surface area (TPSA) is 54.0 Å². The molecule has 0 spiro atoms.